The Morgan fingerprint density at radius 2 is 2.35 bits per heavy atom. The van der Waals surface area contributed by atoms with Crippen LogP contribution in [0, 0.1) is 0 Å². The summed E-state index contributed by atoms with van der Waals surface area (Å²) in [4.78, 5) is 11.2. The second-order valence-corrected chi connectivity index (χ2v) is 3.80. The molecule has 1 amide bonds. The molecule has 0 aromatic carbocycles. The van der Waals surface area contributed by atoms with E-state index in [4.69, 9.17) is 15.6 Å². The van der Waals surface area contributed by atoms with E-state index in [0.717, 1.165) is 0 Å². The third-order valence-corrected chi connectivity index (χ3v) is 2.53. The van der Waals surface area contributed by atoms with E-state index in [1.54, 1.807) is 11.8 Å². The molecule has 0 radical (unpaired) electrons. The second-order valence-electron chi connectivity index (χ2n) is 3.80. The number of methoxy groups -OCH3 is 1. The molecule has 1 heterocycles. The fraction of sp³-hybridized carbons (Fsp3) is 0.700. The molecule has 1 atom stereocenters. The fourth-order valence-corrected chi connectivity index (χ4v) is 1.60. The van der Waals surface area contributed by atoms with E-state index in [1.165, 1.54) is 0 Å². The van der Waals surface area contributed by atoms with Crippen molar-refractivity contribution < 1.29 is 14.6 Å². The highest BCUT2D eigenvalue weighted by molar-refractivity contribution is 5.91. The summed E-state index contributed by atoms with van der Waals surface area (Å²) in [6.07, 6.45) is 1.05. The smallest absolute Gasteiger partial charge is 0.271 e. The first-order valence-electron chi connectivity index (χ1n) is 5.45. The quantitative estimate of drug-likeness (QED) is 0.671. The Kier molecular flexibility index (Phi) is 5.05. The van der Waals surface area contributed by atoms with Crippen molar-refractivity contribution in [1.82, 2.24) is 15.0 Å². The Morgan fingerprint density at radius 1 is 1.65 bits per heavy atom. The van der Waals surface area contributed by atoms with E-state index in [-0.39, 0.29) is 18.3 Å². The molecule has 0 aliphatic carbocycles. The lowest BCUT2D eigenvalue weighted by molar-refractivity contribution is 0.0994. The summed E-state index contributed by atoms with van der Waals surface area (Å²) in [5.41, 5.74) is 6.05. The molecule has 0 spiro atoms. The third-order valence-electron chi connectivity index (χ3n) is 2.53. The van der Waals surface area contributed by atoms with Gasteiger partial charge in [0.25, 0.3) is 5.91 Å². The Balaban J connectivity index is 2.99. The summed E-state index contributed by atoms with van der Waals surface area (Å²) < 4.78 is 6.59. The van der Waals surface area contributed by atoms with Crippen LogP contribution < -0.4 is 5.73 Å². The van der Waals surface area contributed by atoms with Crippen molar-refractivity contribution in [2.24, 2.45) is 5.73 Å². The van der Waals surface area contributed by atoms with Crippen LogP contribution in [0.4, 0.5) is 0 Å². The van der Waals surface area contributed by atoms with Crippen molar-refractivity contribution >= 4 is 5.91 Å². The fourth-order valence-electron chi connectivity index (χ4n) is 1.60. The first kappa shape index (κ1) is 13.6. The first-order valence-corrected chi connectivity index (χ1v) is 5.45. The number of carbonyl (C=O) groups excluding carboxylic acids is 1. The second kappa shape index (κ2) is 6.31. The van der Waals surface area contributed by atoms with Gasteiger partial charge >= 0.3 is 0 Å². The van der Waals surface area contributed by atoms with Gasteiger partial charge in [0.15, 0.2) is 5.69 Å². The number of aliphatic hydroxyl groups is 1. The Labute approximate surface area is 99.6 Å². The summed E-state index contributed by atoms with van der Waals surface area (Å²) in [6, 6.07) is -0.0348. The van der Waals surface area contributed by atoms with Gasteiger partial charge in [-0.1, -0.05) is 5.21 Å². The highest BCUT2D eigenvalue weighted by Crippen LogP contribution is 2.15. The predicted octanol–water partition coefficient (Wildman–Crippen LogP) is -0.491. The van der Waals surface area contributed by atoms with Crippen molar-refractivity contribution in [2.75, 3.05) is 20.3 Å². The van der Waals surface area contributed by atoms with Crippen molar-refractivity contribution in [3.05, 3.63) is 11.4 Å². The lowest BCUT2D eigenvalue weighted by Gasteiger charge is -2.13. The molecule has 17 heavy (non-hydrogen) atoms. The monoisotopic (exact) mass is 242 g/mol. The molecule has 1 aromatic rings. The van der Waals surface area contributed by atoms with Gasteiger partial charge in [0.1, 0.15) is 0 Å². The third kappa shape index (κ3) is 3.24. The van der Waals surface area contributed by atoms with Crippen LogP contribution in [0.3, 0.4) is 0 Å². The van der Waals surface area contributed by atoms with Gasteiger partial charge in [0.2, 0.25) is 0 Å². The van der Waals surface area contributed by atoms with Gasteiger partial charge in [0, 0.05) is 20.1 Å². The molecule has 0 aliphatic rings. The SMILES string of the molecule is COCCc1c(C(N)=O)nnn1C(C)CCO. The summed E-state index contributed by atoms with van der Waals surface area (Å²) in [6.45, 7) is 2.40. The highest BCUT2D eigenvalue weighted by atomic mass is 16.5. The van der Waals surface area contributed by atoms with Crippen molar-refractivity contribution in [2.45, 2.75) is 25.8 Å². The average Bonchev–Trinajstić information content (AvgIpc) is 2.70. The summed E-state index contributed by atoms with van der Waals surface area (Å²) in [5, 5.41) is 16.6. The van der Waals surface area contributed by atoms with Gasteiger partial charge < -0.3 is 15.6 Å². The maximum absolute atomic E-state index is 11.2. The van der Waals surface area contributed by atoms with Gasteiger partial charge in [-0.3, -0.25) is 4.79 Å². The normalized spacial score (nSPS) is 12.6. The Morgan fingerprint density at radius 3 is 2.88 bits per heavy atom. The Hall–Kier alpha value is -1.47. The van der Waals surface area contributed by atoms with Crippen molar-refractivity contribution in [1.29, 1.82) is 0 Å². The number of hydrogen-bond donors (Lipinski definition) is 2. The van der Waals surface area contributed by atoms with Crippen LogP contribution in [0.1, 0.15) is 35.6 Å². The number of hydrogen-bond acceptors (Lipinski definition) is 5. The molecule has 7 heteroatoms. The molecule has 0 aliphatic heterocycles. The van der Waals surface area contributed by atoms with Crippen molar-refractivity contribution in [3.8, 4) is 0 Å². The number of aliphatic hydroxyl groups excluding tert-OH is 1. The van der Waals surface area contributed by atoms with E-state index < -0.39 is 5.91 Å². The van der Waals surface area contributed by atoms with Crippen LogP contribution in [0.5, 0.6) is 0 Å². The standard InChI is InChI=1S/C10H18N4O3/c1-7(3-5-15)14-8(4-6-17-2)9(10(11)16)12-13-14/h7,15H,3-6H2,1-2H3,(H2,11,16). The summed E-state index contributed by atoms with van der Waals surface area (Å²) in [5.74, 6) is -0.599. The first-order chi connectivity index (χ1) is 8.11. The minimum absolute atomic E-state index is 0.0348. The van der Waals surface area contributed by atoms with E-state index in [0.29, 0.717) is 25.1 Å². The van der Waals surface area contributed by atoms with Gasteiger partial charge in [-0.25, -0.2) is 4.68 Å². The molecule has 7 nitrogen and oxygen atoms in total. The number of ether oxygens (including phenoxy) is 1. The lowest BCUT2D eigenvalue weighted by atomic mass is 10.2. The zero-order chi connectivity index (χ0) is 12.8. The summed E-state index contributed by atoms with van der Waals surface area (Å²) >= 11 is 0. The summed E-state index contributed by atoms with van der Waals surface area (Å²) in [7, 11) is 1.58. The maximum atomic E-state index is 11.2. The largest absolute Gasteiger partial charge is 0.396 e. The number of rotatable bonds is 7. The highest BCUT2D eigenvalue weighted by Gasteiger charge is 2.19. The van der Waals surface area contributed by atoms with Crippen LogP contribution in [0.25, 0.3) is 0 Å². The van der Waals surface area contributed by atoms with Crippen LogP contribution in [0.15, 0.2) is 0 Å². The molecule has 0 fully saturated rings. The van der Waals surface area contributed by atoms with Gasteiger partial charge in [-0.15, -0.1) is 5.10 Å². The molecule has 1 rings (SSSR count). The van der Waals surface area contributed by atoms with Crippen LogP contribution in [0.2, 0.25) is 0 Å². The van der Waals surface area contributed by atoms with E-state index in [2.05, 4.69) is 10.3 Å². The zero-order valence-electron chi connectivity index (χ0n) is 10.1. The molecule has 0 bridgehead atoms. The van der Waals surface area contributed by atoms with Gasteiger partial charge in [-0.2, -0.15) is 0 Å². The molecule has 3 N–H and O–H groups in total. The van der Waals surface area contributed by atoms with Crippen molar-refractivity contribution in [3.63, 3.8) is 0 Å². The van der Waals surface area contributed by atoms with Gasteiger partial charge in [-0.05, 0) is 13.3 Å². The Bertz CT molecular complexity index is 378. The number of aromatic nitrogens is 3. The van der Waals surface area contributed by atoms with Crippen LogP contribution >= 0.6 is 0 Å². The number of carbonyl (C=O) groups is 1. The van der Waals surface area contributed by atoms with Crippen LogP contribution in [-0.2, 0) is 11.2 Å². The molecule has 0 saturated carbocycles. The number of primary amides is 1. The molecule has 1 aromatic heterocycles. The topological polar surface area (TPSA) is 103 Å². The maximum Gasteiger partial charge on any atom is 0.271 e. The molecule has 1 unspecified atom stereocenters. The molecular weight excluding hydrogens is 224 g/mol. The minimum Gasteiger partial charge on any atom is -0.396 e. The molecule has 0 saturated heterocycles. The molecule has 96 valence electrons. The van der Waals surface area contributed by atoms with Crippen LogP contribution in [-0.4, -0.2) is 46.3 Å². The molecular formula is C10H18N4O3. The predicted molar refractivity (Wildman–Crippen MR) is 60.5 cm³/mol. The van der Waals surface area contributed by atoms with E-state index >= 15 is 0 Å². The zero-order valence-corrected chi connectivity index (χ0v) is 10.1. The number of nitrogens with two attached hydrogens (primary N) is 1. The minimum atomic E-state index is -0.599. The average molecular weight is 242 g/mol. The van der Waals surface area contributed by atoms with Gasteiger partial charge in [0.05, 0.1) is 18.3 Å². The lowest BCUT2D eigenvalue weighted by Crippen LogP contribution is -2.18. The number of amides is 1. The number of nitrogens with zero attached hydrogens (tertiary/aromatic N) is 3. The van der Waals surface area contributed by atoms with E-state index in [9.17, 15) is 4.79 Å². The van der Waals surface area contributed by atoms with E-state index in [1.807, 2.05) is 6.92 Å².